The molecule has 0 aromatic heterocycles. The summed E-state index contributed by atoms with van der Waals surface area (Å²) in [4.78, 5) is 0. The van der Waals surface area contributed by atoms with Crippen LogP contribution < -0.4 is 5.32 Å². The molecule has 2 fully saturated rings. The van der Waals surface area contributed by atoms with Crippen LogP contribution in [0.2, 0.25) is 0 Å². The smallest absolute Gasteiger partial charge is 0.119 e. The van der Waals surface area contributed by atoms with E-state index in [9.17, 15) is 5.11 Å². The number of hydrogen-bond acceptors (Lipinski definition) is 2. The molecule has 1 aliphatic carbocycles. The molecule has 1 aromatic carbocycles. The molecule has 1 unspecified atom stereocenters. The number of nitrogens with one attached hydrogen (secondary N) is 1. The van der Waals surface area contributed by atoms with Gasteiger partial charge in [0.05, 0.1) is 0 Å². The minimum Gasteiger partial charge on any atom is -0.508 e. The Morgan fingerprint density at radius 2 is 2.07 bits per heavy atom. The summed E-state index contributed by atoms with van der Waals surface area (Å²) in [5, 5.41) is 13.4. The summed E-state index contributed by atoms with van der Waals surface area (Å²) in [5.74, 6) is 0.991. The molecule has 0 bridgehead atoms. The molecule has 15 heavy (non-hydrogen) atoms. The second-order valence-corrected chi connectivity index (χ2v) is 4.96. The Bertz CT molecular complexity index is 371. The highest BCUT2D eigenvalue weighted by Gasteiger charge is 2.48. The third kappa shape index (κ3) is 1.28. The maximum atomic E-state index is 9.89. The van der Waals surface area contributed by atoms with Crippen molar-refractivity contribution in [2.45, 2.75) is 25.2 Å². The Morgan fingerprint density at radius 1 is 1.27 bits per heavy atom. The number of para-hydroxylation sites is 1. The third-order valence-corrected chi connectivity index (χ3v) is 4.23. The van der Waals surface area contributed by atoms with Crippen LogP contribution in [0.5, 0.6) is 5.75 Å². The summed E-state index contributed by atoms with van der Waals surface area (Å²) < 4.78 is 0. The summed E-state index contributed by atoms with van der Waals surface area (Å²) >= 11 is 0. The zero-order chi connectivity index (χ0) is 10.3. The van der Waals surface area contributed by atoms with Crippen LogP contribution in [-0.4, -0.2) is 18.2 Å². The van der Waals surface area contributed by atoms with Crippen molar-refractivity contribution >= 4 is 0 Å². The van der Waals surface area contributed by atoms with Crippen molar-refractivity contribution in [1.29, 1.82) is 0 Å². The van der Waals surface area contributed by atoms with Crippen molar-refractivity contribution in [3.63, 3.8) is 0 Å². The van der Waals surface area contributed by atoms with E-state index in [4.69, 9.17) is 0 Å². The van der Waals surface area contributed by atoms with Gasteiger partial charge in [-0.05, 0) is 29.9 Å². The average molecular weight is 203 g/mol. The highest BCUT2D eigenvalue weighted by atomic mass is 16.3. The molecule has 1 saturated carbocycles. The van der Waals surface area contributed by atoms with Gasteiger partial charge >= 0.3 is 0 Å². The largest absolute Gasteiger partial charge is 0.508 e. The quantitative estimate of drug-likeness (QED) is 0.733. The van der Waals surface area contributed by atoms with E-state index >= 15 is 0 Å². The van der Waals surface area contributed by atoms with Crippen LogP contribution in [-0.2, 0) is 0 Å². The van der Waals surface area contributed by atoms with E-state index in [1.807, 2.05) is 12.1 Å². The topological polar surface area (TPSA) is 32.3 Å². The molecule has 2 nitrogen and oxygen atoms in total. The molecule has 1 saturated heterocycles. The van der Waals surface area contributed by atoms with E-state index in [1.54, 1.807) is 6.07 Å². The standard InChI is InChI=1S/C13H17NO/c15-12-5-2-1-4-10(12)11-8-14-9-13(11)6-3-7-13/h1-2,4-5,11,14-15H,3,6-9H2. The van der Waals surface area contributed by atoms with Gasteiger partial charge in [-0.1, -0.05) is 24.6 Å². The van der Waals surface area contributed by atoms with Crippen LogP contribution >= 0.6 is 0 Å². The number of phenolic OH excluding ortho intramolecular Hbond substituents is 1. The van der Waals surface area contributed by atoms with Crippen molar-refractivity contribution in [3.8, 4) is 5.75 Å². The number of phenols is 1. The lowest BCUT2D eigenvalue weighted by molar-refractivity contribution is 0.135. The molecule has 1 aromatic rings. The van der Waals surface area contributed by atoms with Gasteiger partial charge in [-0.15, -0.1) is 0 Å². The first-order chi connectivity index (χ1) is 7.32. The van der Waals surface area contributed by atoms with Gasteiger partial charge in [0.1, 0.15) is 5.75 Å². The highest BCUT2D eigenvalue weighted by molar-refractivity contribution is 5.38. The summed E-state index contributed by atoms with van der Waals surface area (Å²) in [6.45, 7) is 2.16. The highest BCUT2D eigenvalue weighted by Crippen LogP contribution is 2.54. The van der Waals surface area contributed by atoms with Crippen LogP contribution in [0.25, 0.3) is 0 Å². The molecular weight excluding hydrogens is 186 g/mol. The number of aromatic hydroxyl groups is 1. The minimum atomic E-state index is 0.457. The number of rotatable bonds is 1. The second-order valence-electron chi connectivity index (χ2n) is 4.96. The molecule has 1 atom stereocenters. The fraction of sp³-hybridized carbons (Fsp3) is 0.538. The van der Waals surface area contributed by atoms with Crippen molar-refractivity contribution in [3.05, 3.63) is 29.8 Å². The molecule has 3 rings (SSSR count). The zero-order valence-electron chi connectivity index (χ0n) is 8.87. The van der Waals surface area contributed by atoms with Crippen LogP contribution in [0.3, 0.4) is 0 Å². The predicted molar refractivity (Wildman–Crippen MR) is 60.0 cm³/mol. The Morgan fingerprint density at radius 3 is 2.73 bits per heavy atom. The van der Waals surface area contributed by atoms with Gasteiger partial charge in [-0.3, -0.25) is 0 Å². The van der Waals surface area contributed by atoms with Crippen molar-refractivity contribution in [1.82, 2.24) is 5.32 Å². The van der Waals surface area contributed by atoms with Crippen molar-refractivity contribution in [2.75, 3.05) is 13.1 Å². The van der Waals surface area contributed by atoms with Gasteiger partial charge in [0, 0.05) is 19.0 Å². The normalized spacial score (nSPS) is 27.9. The number of benzene rings is 1. The fourth-order valence-corrected chi connectivity index (χ4v) is 3.18. The minimum absolute atomic E-state index is 0.457. The van der Waals surface area contributed by atoms with Gasteiger partial charge < -0.3 is 10.4 Å². The molecule has 2 N–H and O–H groups in total. The molecule has 1 heterocycles. The Kier molecular flexibility index (Phi) is 1.99. The van der Waals surface area contributed by atoms with Gasteiger partial charge in [0.2, 0.25) is 0 Å². The summed E-state index contributed by atoms with van der Waals surface area (Å²) in [6.07, 6.45) is 3.99. The van der Waals surface area contributed by atoms with Gasteiger partial charge in [-0.25, -0.2) is 0 Å². The lowest BCUT2D eigenvalue weighted by Crippen LogP contribution is -2.36. The van der Waals surface area contributed by atoms with Crippen LogP contribution in [0, 0.1) is 5.41 Å². The Labute approximate surface area is 90.3 Å². The zero-order valence-corrected chi connectivity index (χ0v) is 8.87. The Hall–Kier alpha value is -1.02. The van der Waals surface area contributed by atoms with E-state index in [-0.39, 0.29) is 0 Å². The fourth-order valence-electron chi connectivity index (χ4n) is 3.18. The summed E-state index contributed by atoms with van der Waals surface area (Å²) in [7, 11) is 0. The summed E-state index contributed by atoms with van der Waals surface area (Å²) in [6, 6.07) is 7.81. The van der Waals surface area contributed by atoms with E-state index in [0.29, 0.717) is 17.1 Å². The lowest BCUT2D eigenvalue weighted by atomic mass is 9.61. The van der Waals surface area contributed by atoms with E-state index in [0.717, 1.165) is 18.7 Å². The average Bonchev–Trinajstić information content (AvgIpc) is 2.62. The van der Waals surface area contributed by atoms with Crippen molar-refractivity contribution in [2.24, 2.45) is 5.41 Å². The molecule has 2 heteroatoms. The van der Waals surface area contributed by atoms with Crippen LogP contribution in [0.4, 0.5) is 0 Å². The SMILES string of the molecule is Oc1ccccc1C1CNCC12CCC2. The molecular formula is C13H17NO. The van der Waals surface area contributed by atoms with Crippen molar-refractivity contribution < 1.29 is 5.11 Å². The van der Waals surface area contributed by atoms with Crippen LogP contribution in [0.15, 0.2) is 24.3 Å². The lowest BCUT2D eigenvalue weighted by Gasteiger charge is -2.43. The van der Waals surface area contributed by atoms with Crippen LogP contribution in [0.1, 0.15) is 30.7 Å². The molecule has 80 valence electrons. The molecule has 0 radical (unpaired) electrons. The predicted octanol–water partition coefficient (Wildman–Crippen LogP) is 2.25. The molecule has 1 spiro atoms. The van der Waals surface area contributed by atoms with E-state index in [2.05, 4.69) is 11.4 Å². The van der Waals surface area contributed by atoms with Gasteiger partial charge in [-0.2, -0.15) is 0 Å². The first-order valence-electron chi connectivity index (χ1n) is 5.80. The van der Waals surface area contributed by atoms with E-state index < -0.39 is 0 Å². The Balaban J connectivity index is 1.96. The van der Waals surface area contributed by atoms with Gasteiger partial charge in [0.15, 0.2) is 0 Å². The molecule has 1 aliphatic heterocycles. The number of hydrogen-bond donors (Lipinski definition) is 2. The first kappa shape index (κ1) is 9.22. The van der Waals surface area contributed by atoms with E-state index in [1.165, 1.54) is 19.3 Å². The molecule has 2 aliphatic rings. The monoisotopic (exact) mass is 203 g/mol. The summed E-state index contributed by atoms with van der Waals surface area (Å²) in [5.41, 5.74) is 1.60. The molecule has 0 amide bonds. The maximum absolute atomic E-state index is 9.89. The maximum Gasteiger partial charge on any atom is 0.119 e. The first-order valence-corrected chi connectivity index (χ1v) is 5.80. The third-order valence-electron chi connectivity index (χ3n) is 4.23. The van der Waals surface area contributed by atoms with Gasteiger partial charge in [0.25, 0.3) is 0 Å². The second kappa shape index (κ2) is 3.24.